The van der Waals surface area contributed by atoms with E-state index in [-0.39, 0.29) is 5.91 Å². The number of nitrogens with zero attached hydrogens (tertiary/aromatic N) is 5. The van der Waals surface area contributed by atoms with E-state index in [0.717, 1.165) is 44.0 Å². The number of aromatic nitrogens is 3. The zero-order chi connectivity index (χ0) is 16.9. The van der Waals surface area contributed by atoms with E-state index in [0.29, 0.717) is 12.5 Å². The maximum atomic E-state index is 12.5. The molecule has 0 atom stereocenters. The Morgan fingerprint density at radius 2 is 2.00 bits per heavy atom. The van der Waals surface area contributed by atoms with Gasteiger partial charge in [-0.25, -0.2) is 15.0 Å². The Morgan fingerprint density at radius 3 is 2.62 bits per heavy atom. The molecule has 6 nitrogen and oxygen atoms in total. The SMILES string of the molecule is Cc1ncsc1CCC(=O)N(C)C1CCN(c2ncccn2)CC1. The molecule has 1 aliphatic rings. The highest BCUT2D eigenvalue weighted by molar-refractivity contribution is 7.09. The lowest BCUT2D eigenvalue weighted by atomic mass is 10.0. The van der Waals surface area contributed by atoms with Crippen molar-refractivity contribution in [2.24, 2.45) is 0 Å². The second kappa shape index (κ2) is 7.70. The zero-order valence-corrected chi connectivity index (χ0v) is 15.0. The predicted molar refractivity (Wildman–Crippen MR) is 95.2 cm³/mol. The third-order valence-corrected chi connectivity index (χ3v) is 5.65. The number of aryl methyl sites for hydroxylation is 2. The summed E-state index contributed by atoms with van der Waals surface area (Å²) in [5, 5.41) is 0. The topological polar surface area (TPSA) is 62.2 Å². The summed E-state index contributed by atoms with van der Waals surface area (Å²) < 4.78 is 0. The van der Waals surface area contributed by atoms with Crippen molar-refractivity contribution in [3.05, 3.63) is 34.5 Å². The Labute approximate surface area is 146 Å². The molecule has 128 valence electrons. The molecule has 3 heterocycles. The lowest BCUT2D eigenvalue weighted by molar-refractivity contribution is -0.132. The number of carbonyl (C=O) groups excluding carboxylic acids is 1. The van der Waals surface area contributed by atoms with Crippen LogP contribution in [0.2, 0.25) is 0 Å². The van der Waals surface area contributed by atoms with Gasteiger partial charge in [-0.05, 0) is 32.3 Å². The minimum absolute atomic E-state index is 0.220. The molecule has 2 aromatic heterocycles. The molecule has 1 saturated heterocycles. The molecule has 3 rings (SSSR count). The zero-order valence-electron chi connectivity index (χ0n) is 14.2. The number of rotatable bonds is 5. The summed E-state index contributed by atoms with van der Waals surface area (Å²) in [6, 6.07) is 2.13. The average Bonchev–Trinajstić information content (AvgIpc) is 3.05. The van der Waals surface area contributed by atoms with E-state index in [1.807, 2.05) is 30.4 Å². The van der Waals surface area contributed by atoms with Crippen molar-refractivity contribution in [2.75, 3.05) is 25.0 Å². The molecule has 0 radical (unpaired) electrons. The molecular formula is C17H23N5OS. The fourth-order valence-corrected chi connectivity index (χ4v) is 3.86. The molecule has 7 heteroatoms. The first-order chi connectivity index (χ1) is 11.6. The van der Waals surface area contributed by atoms with Crippen LogP contribution in [0.15, 0.2) is 24.0 Å². The molecule has 2 aromatic rings. The van der Waals surface area contributed by atoms with Gasteiger partial charge in [0.1, 0.15) is 0 Å². The van der Waals surface area contributed by atoms with Crippen LogP contribution >= 0.6 is 11.3 Å². The Bertz CT molecular complexity index is 667. The highest BCUT2D eigenvalue weighted by atomic mass is 32.1. The molecule has 0 aromatic carbocycles. The first-order valence-corrected chi connectivity index (χ1v) is 9.19. The quantitative estimate of drug-likeness (QED) is 0.832. The summed E-state index contributed by atoms with van der Waals surface area (Å²) in [6.07, 6.45) is 6.80. The van der Waals surface area contributed by atoms with E-state index in [2.05, 4.69) is 19.9 Å². The van der Waals surface area contributed by atoms with Crippen molar-refractivity contribution >= 4 is 23.2 Å². The van der Waals surface area contributed by atoms with Gasteiger partial charge >= 0.3 is 0 Å². The first kappa shape index (κ1) is 16.8. The summed E-state index contributed by atoms with van der Waals surface area (Å²) >= 11 is 1.63. The van der Waals surface area contributed by atoms with Crippen LogP contribution in [-0.2, 0) is 11.2 Å². The van der Waals surface area contributed by atoms with Gasteiger partial charge < -0.3 is 9.80 Å². The van der Waals surface area contributed by atoms with E-state index in [1.165, 1.54) is 4.88 Å². The van der Waals surface area contributed by atoms with Crippen LogP contribution in [0.25, 0.3) is 0 Å². The molecular weight excluding hydrogens is 322 g/mol. The van der Waals surface area contributed by atoms with Crippen molar-refractivity contribution in [1.29, 1.82) is 0 Å². The second-order valence-corrected chi connectivity index (χ2v) is 7.07. The lowest BCUT2D eigenvalue weighted by Gasteiger charge is -2.36. The summed E-state index contributed by atoms with van der Waals surface area (Å²) in [5.41, 5.74) is 2.90. The van der Waals surface area contributed by atoms with Crippen molar-refractivity contribution in [3.8, 4) is 0 Å². The van der Waals surface area contributed by atoms with Crippen LogP contribution in [0.5, 0.6) is 0 Å². The van der Waals surface area contributed by atoms with Crippen molar-refractivity contribution in [3.63, 3.8) is 0 Å². The fraction of sp³-hybridized carbons (Fsp3) is 0.529. The standard InChI is InChI=1S/C17H23N5OS/c1-13-15(24-12-20-13)4-5-16(23)21(2)14-6-10-22(11-7-14)17-18-8-3-9-19-17/h3,8-9,12,14H,4-7,10-11H2,1-2H3. The molecule has 0 bridgehead atoms. The van der Waals surface area contributed by atoms with Crippen LogP contribution in [0.1, 0.15) is 29.8 Å². The van der Waals surface area contributed by atoms with Gasteiger partial charge in [-0.15, -0.1) is 11.3 Å². The van der Waals surface area contributed by atoms with Crippen LogP contribution in [0, 0.1) is 6.92 Å². The Morgan fingerprint density at radius 1 is 1.29 bits per heavy atom. The molecule has 0 N–H and O–H groups in total. The third kappa shape index (κ3) is 3.90. The number of hydrogen-bond donors (Lipinski definition) is 0. The second-order valence-electron chi connectivity index (χ2n) is 6.13. The molecule has 1 amide bonds. The number of anilines is 1. The molecule has 1 fully saturated rings. The minimum atomic E-state index is 0.220. The van der Waals surface area contributed by atoms with E-state index >= 15 is 0 Å². The van der Waals surface area contributed by atoms with Gasteiger partial charge in [-0.1, -0.05) is 0 Å². The van der Waals surface area contributed by atoms with Crippen LogP contribution in [0.4, 0.5) is 5.95 Å². The van der Waals surface area contributed by atoms with E-state index < -0.39 is 0 Å². The predicted octanol–water partition coefficient (Wildman–Crippen LogP) is 2.30. The molecule has 24 heavy (non-hydrogen) atoms. The average molecular weight is 345 g/mol. The van der Waals surface area contributed by atoms with Crippen molar-refractivity contribution in [1.82, 2.24) is 19.9 Å². The maximum Gasteiger partial charge on any atom is 0.225 e. The Balaban J connectivity index is 1.48. The monoisotopic (exact) mass is 345 g/mol. The maximum absolute atomic E-state index is 12.5. The van der Waals surface area contributed by atoms with Crippen LogP contribution in [0.3, 0.4) is 0 Å². The molecule has 0 unspecified atom stereocenters. The number of carbonyl (C=O) groups is 1. The minimum Gasteiger partial charge on any atom is -0.343 e. The third-order valence-electron chi connectivity index (χ3n) is 4.65. The fourth-order valence-electron chi connectivity index (χ4n) is 3.07. The Kier molecular flexibility index (Phi) is 5.40. The van der Waals surface area contributed by atoms with Gasteiger partial charge in [0.15, 0.2) is 0 Å². The molecule has 0 spiro atoms. The number of thiazole rings is 1. The van der Waals surface area contributed by atoms with Gasteiger partial charge in [-0.3, -0.25) is 4.79 Å². The van der Waals surface area contributed by atoms with Crippen LogP contribution in [-0.4, -0.2) is 51.9 Å². The van der Waals surface area contributed by atoms with Gasteiger partial charge in [0.2, 0.25) is 11.9 Å². The summed E-state index contributed by atoms with van der Waals surface area (Å²) in [7, 11) is 1.93. The van der Waals surface area contributed by atoms with Gasteiger partial charge in [0.05, 0.1) is 11.2 Å². The summed E-state index contributed by atoms with van der Waals surface area (Å²) in [5.74, 6) is 1.00. The highest BCUT2D eigenvalue weighted by Gasteiger charge is 2.26. The van der Waals surface area contributed by atoms with Gasteiger partial charge in [-0.2, -0.15) is 0 Å². The summed E-state index contributed by atoms with van der Waals surface area (Å²) in [6.45, 7) is 3.78. The van der Waals surface area contributed by atoms with E-state index in [9.17, 15) is 4.79 Å². The van der Waals surface area contributed by atoms with Crippen LogP contribution < -0.4 is 4.90 Å². The Hall–Kier alpha value is -2.02. The number of piperidine rings is 1. The number of hydrogen-bond acceptors (Lipinski definition) is 6. The normalized spacial score (nSPS) is 15.5. The van der Waals surface area contributed by atoms with E-state index in [1.54, 1.807) is 23.7 Å². The number of amides is 1. The van der Waals surface area contributed by atoms with Gasteiger partial charge in [0, 0.05) is 49.9 Å². The summed E-state index contributed by atoms with van der Waals surface area (Å²) in [4.78, 5) is 30.7. The first-order valence-electron chi connectivity index (χ1n) is 8.31. The largest absolute Gasteiger partial charge is 0.343 e. The van der Waals surface area contributed by atoms with Crippen molar-refractivity contribution in [2.45, 2.75) is 38.6 Å². The smallest absolute Gasteiger partial charge is 0.225 e. The van der Waals surface area contributed by atoms with Crippen molar-refractivity contribution < 1.29 is 4.79 Å². The molecule has 0 saturated carbocycles. The van der Waals surface area contributed by atoms with E-state index in [4.69, 9.17) is 0 Å². The van der Waals surface area contributed by atoms with Gasteiger partial charge in [0.25, 0.3) is 0 Å². The highest BCUT2D eigenvalue weighted by Crippen LogP contribution is 2.20. The molecule has 0 aliphatic carbocycles. The lowest BCUT2D eigenvalue weighted by Crippen LogP contribution is -2.46. The molecule has 1 aliphatic heterocycles.